The zero-order valence-electron chi connectivity index (χ0n) is 10.1. The Morgan fingerprint density at radius 3 is 2.72 bits per heavy atom. The van der Waals surface area contributed by atoms with E-state index in [-0.39, 0.29) is 6.04 Å². The van der Waals surface area contributed by atoms with Crippen molar-refractivity contribution in [2.24, 2.45) is 5.41 Å². The molecule has 0 bridgehead atoms. The Hall–Kier alpha value is -0.940. The lowest BCUT2D eigenvalue weighted by Gasteiger charge is -2.56. The van der Waals surface area contributed by atoms with Crippen molar-refractivity contribution in [3.63, 3.8) is 0 Å². The lowest BCUT2D eigenvalue weighted by atomic mass is 9.63. The first-order valence-electron chi connectivity index (χ1n) is 6.28. The highest BCUT2D eigenvalue weighted by Gasteiger charge is 2.58. The van der Waals surface area contributed by atoms with E-state index in [0.29, 0.717) is 19.4 Å². The minimum atomic E-state index is -0.835. The fraction of sp³-hybridized carbons (Fsp3) is 0.692. The molecule has 1 aromatic rings. The third kappa shape index (κ3) is 1.86. The average molecular weight is 257 g/mol. The zero-order chi connectivity index (χ0) is 12.6. The minimum Gasteiger partial charge on any atom is -0.468 e. The van der Waals surface area contributed by atoms with E-state index in [1.54, 1.807) is 6.26 Å². The van der Waals surface area contributed by atoms with Gasteiger partial charge < -0.3 is 9.15 Å². The SMILES string of the molecule is FCC1(CF)CC2(C1)NC(c1ccco1)CCO2. The Kier molecular flexibility index (Phi) is 2.90. The predicted octanol–water partition coefficient (Wildman–Crippen LogP) is 2.75. The van der Waals surface area contributed by atoms with Crippen LogP contribution in [0, 0.1) is 5.41 Å². The van der Waals surface area contributed by atoms with Crippen molar-refractivity contribution in [2.45, 2.75) is 31.0 Å². The molecular formula is C13H17F2NO2. The number of rotatable bonds is 3. The van der Waals surface area contributed by atoms with Crippen molar-refractivity contribution < 1.29 is 17.9 Å². The summed E-state index contributed by atoms with van der Waals surface area (Å²) in [5, 5.41) is 3.34. The van der Waals surface area contributed by atoms with Crippen LogP contribution in [0.1, 0.15) is 31.1 Å². The summed E-state index contributed by atoms with van der Waals surface area (Å²) in [7, 11) is 0. The second kappa shape index (κ2) is 4.31. The van der Waals surface area contributed by atoms with Gasteiger partial charge in [0.25, 0.3) is 0 Å². The molecule has 0 amide bonds. The van der Waals surface area contributed by atoms with Gasteiger partial charge in [-0.15, -0.1) is 0 Å². The smallest absolute Gasteiger partial charge is 0.121 e. The van der Waals surface area contributed by atoms with Gasteiger partial charge >= 0.3 is 0 Å². The van der Waals surface area contributed by atoms with Crippen LogP contribution in [0.4, 0.5) is 8.78 Å². The van der Waals surface area contributed by atoms with E-state index < -0.39 is 24.5 Å². The normalized spacial score (nSPS) is 29.1. The monoisotopic (exact) mass is 257 g/mol. The first-order chi connectivity index (χ1) is 8.71. The topological polar surface area (TPSA) is 34.4 Å². The Morgan fingerprint density at radius 1 is 1.33 bits per heavy atom. The molecule has 1 aromatic heterocycles. The summed E-state index contributed by atoms with van der Waals surface area (Å²) in [6, 6.07) is 3.83. The van der Waals surface area contributed by atoms with Gasteiger partial charge in [0, 0.05) is 18.3 Å². The average Bonchev–Trinajstić information content (AvgIpc) is 2.89. The maximum absolute atomic E-state index is 12.9. The standard InChI is InChI=1S/C13H17F2NO2/c14-8-12(9-15)6-13(7-12)16-10(3-5-18-13)11-2-1-4-17-11/h1-2,4,10,16H,3,5-9H2. The van der Waals surface area contributed by atoms with Gasteiger partial charge in [-0.3, -0.25) is 14.1 Å². The third-order valence-corrected chi connectivity index (χ3v) is 4.00. The summed E-state index contributed by atoms with van der Waals surface area (Å²) in [5.74, 6) is 0.857. The van der Waals surface area contributed by atoms with E-state index in [1.165, 1.54) is 0 Å². The van der Waals surface area contributed by atoms with Crippen molar-refractivity contribution in [3.8, 4) is 0 Å². The molecule has 1 aliphatic carbocycles. The fourth-order valence-electron chi connectivity index (χ4n) is 3.10. The fourth-order valence-corrected chi connectivity index (χ4v) is 3.10. The molecule has 1 aliphatic heterocycles. The van der Waals surface area contributed by atoms with Gasteiger partial charge in [0.1, 0.15) is 11.5 Å². The Morgan fingerprint density at radius 2 is 2.11 bits per heavy atom. The van der Waals surface area contributed by atoms with E-state index in [1.807, 2.05) is 12.1 Å². The number of furan rings is 1. The Bertz CT molecular complexity index is 395. The van der Waals surface area contributed by atoms with Gasteiger partial charge in [-0.25, -0.2) is 0 Å². The number of nitrogens with one attached hydrogen (secondary N) is 1. The van der Waals surface area contributed by atoms with E-state index in [9.17, 15) is 8.78 Å². The first-order valence-corrected chi connectivity index (χ1v) is 6.28. The molecule has 100 valence electrons. The van der Waals surface area contributed by atoms with Gasteiger partial charge in [0.05, 0.1) is 32.3 Å². The van der Waals surface area contributed by atoms with Gasteiger partial charge in [-0.2, -0.15) is 0 Å². The van der Waals surface area contributed by atoms with E-state index in [4.69, 9.17) is 9.15 Å². The van der Waals surface area contributed by atoms with Crippen LogP contribution in [-0.4, -0.2) is 25.7 Å². The number of halogens is 2. The summed E-state index contributed by atoms with van der Waals surface area (Å²) in [6.45, 7) is -0.656. The highest BCUT2D eigenvalue weighted by molar-refractivity contribution is 5.11. The second-order valence-electron chi connectivity index (χ2n) is 5.46. The molecule has 1 saturated heterocycles. The maximum atomic E-state index is 12.9. The first kappa shape index (κ1) is 12.1. The van der Waals surface area contributed by atoms with Crippen molar-refractivity contribution in [2.75, 3.05) is 20.0 Å². The molecule has 2 fully saturated rings. The van der Waals surface area contributed by atoms with Crippen LogP contribution in [0.5, 0.6) is 0 Å². The number of hydrogen-bond donors (Lipinski definition) is 1. The molecule has 5 heteroatoms. The summed E-state index contributed by atoms with van der Waals surface area (Å²) in [5.41, 5.74) is -1.40. The molecule has 1 N–H and O–H groups in total. The molecule has 18 heavy (non-hydrogen) atoms. The summed E-state index contributed by atoms with van der Waals surface area (Å²) in [4.78, 5) is 0. The molecular weight excluding hydrogens is 240 g/mol. The molecule has 1 saturated carbocycles. The molecule has 1 spiro atoms. The maximum Gasteiger partial charge on any atom is 0.121 e. The molecule has 2 heterocycles. The van der Waals surface area contributed by atoms with Crippen molar-refractivity contribution in [1.29, 1.82) is 0 Å². The highest BCUT2D eigenvalue weighted by atomic mass is 19.1. The van der Waals surface area contributed by atoms with Gasteiger partial charge in [-0.05, 0) is 18.6 Å². The van der Waals surface area contributed by atoms with Gasteiger partial charge in [-0.1, -0.05) is 0 Å². The van der Waals surface area contributed by atoms with Crippen molar-refractivity contribution in [3.05, 3.63) is 24.2 Å². The summed E-state index contributed by atoms with van der Waals surface area (Å²) in [6.07, 6.45) is 3.23. The molecule has 3 rings (SSSR count). The van der Waals surface area contributed by atoms with Crippen LogP contribution in [0.2, 0.25) is 0 Å². The Labute approximate surface area is 104 Å². The van der Waals surface area contributed by atoms with E-state index >= 15 is 0 Å². The van der Waals surface area contributed by atoms with Crippen LogP contribution in [-0.2, 0) is 4.74 Å². The van der Waals surface area contributed by atoms with Crippen molar-refractivity contribution in [1.82, 2.24) is 5.32 Å². The lowest BCUT2D eigenvalue weighted by Crippen LogP contribution is -2.66. The van der Waals surface area contributed by atoms with Crippen LogP contribution in [0.15, 0.2) is 22.8 Å². The largest absolute Gasteiger partial charge is 0.468 e. The number of alkyl halides is 2. The van der Waals surface area contributed by atoms with Crippen LogP contribution < -0.4 is 5.32 Å². The number of ether oxygens (including phenoxy) is 1. The van der Waals surface area contributed by atoms with E-state index in [0.717, 1.165) is 12.2 Å². The third-order valence-electron chi connectivity index (χ3n) is 4.00. The summed E-state index contributed by atoms with van der Waals surface area (Å²) >= 11 is 0. The van der Waals surface area contributed by atoms with E-state index in [2.05, 4.69) is 5.32 Å². The van der Waals surface area contributed by atoms with Crippen molar-refractivity contribution >= 4 is 0 Å². The van der Waals surface area contributed by atoms with Crippen LogP contribution >= 0.6 is 0 Å². The Balaban J connectivity index is 1.69. The molecule has 0 radical (unpaired) electrons. The van der Waals surface area contributed by atoms with Gasteiger partial charge in [0.2, 0.25) is 0 Å². The highest BCUT2D eigenvalue weighted by Crippen LogP contribution is 2.52. The van der Waals surface area contributed by atoms with Gasteiger partial charge in [0.15, 0.2) is 0 Å². The lowest BCUT2D eigenvalue weighted by molar-refractivity contribution is -0.223. The second-order valence-corrected chi connectivity index (χ2v) is 5.46. The molecule has 1 atom stereocenters. The van der Waals surface area contributed by atoms with Crippen LogP contribution in [0.25, 0.3) is 0 Å². The van der Waals surface area contributed by atoms with Crippen LogP contribution in [0.3, 0.4) is 0 Å². The molecule has 1 unspecified atom stereocenters. The predicted molar refractivity (Wildman–Crippen MR) is 61.5 cm³/mol. The molecule has 2 aliphatic rings. The zero-order valence-corrected chi connectivity index (χ0v) is 10.1. The number of hydrogen-bond acceptors (Lipinski definition) is 3. The molecule has 0 aromatic carbocycles. The summed E-state index contributed by atoms with van der Waals surface area (Å²) < 4.78 is 36.8. The quantitative estimate of drug-likeness (QED) is 0.904. The minimum absolute atomic E-state index is 0.0750. The molecule has 3 nitrogen and oxygen atoms in total.